The number of ether oxygens (including phenoxy) is 2. The molecule has 0 aliphatic rings. The first-order valence-electron chi connectivity index (χ1n) is 9.42. The van der Waals surface area contributed by atoms with E-state index in [9.17, 15) is 5.11 Å². The van der Waals surface area contributed by atoms with Gasteiger partial charge in [0.1, 0.15) is 11.9 Å². The van der Waals surface area contributed by atoms with Crippen molar-refractivity contribution in [2.45, 2.75) is 46.8 Å². The van der Waals surface area contributed by atoms with Crippen molar-refractivity contribution in [2.75, 3.05) is 32.8 Å². The first-order chi connectivity index (χ1) is 12.4. The molecule has 148 valence electrons. The molecule has 0 heterocycles. The molecule has 26 heavy (non-hydrogen) atoms. The molecule has 0 saturated heterocycles. The summed E-state index contributed by atoms with van der Waals surface area (Å²) in [6.45, 7) is 12.8. The largest absolute Gasteiger partial charge is 0.489 e. The molecule has 0 spiro atoms. The van der Waals surface area contributed by atoms with Gasteiger partial charge in [-0.05, 0) is 38.3 Å². The molecule has 0 fully saturated rings. The molecule has 6 nitrogen and oxygen atoms in total. The van der Waals surface area contributed by atoms with Crippen LogP contribution in [-0.2, 0) is 4.74 Å². The molecular formula is C20H35N3O3. The first kappa shape index (κ1) is 22.3. The van der Waals surface area contributed by atoms with E-state index in [1.165, 1.54) is 0 Å². The maximum Gasteiger partial charge on any atom is 0.191 e. The summed E-state index contributed by atoms with van der Waals surface area (Å²) in [5, 5.41) is 16.4. The van der Waals surface area contributed by atoms with Crippen molar-refractivity contribution in [1.29, 1.82) is 0 Å². The Morgan fingerprint density at radius 2 is 1.88 bits per heavy atom. The van der Waals surface area contributed by atoms with E-state index in [0.717, 1.165) is 17.9 Å². The Morgan fingerprint density at radius 1 is 1.15 bits per heavy atom. The van der Waals surface area contributed by atoms with Gasteiger partial charge in [-0.1, -0.05) is 32.0 Å². The summed E-state index contributed by atoms with van der Waals surface area (Å²) in [5.41, 5.74) is 1.12. The third-order valence-corrected chi connectivity index (χ3v) is 3.54. The monoisotopic (exact) mass is 365 g/mol. The highest BCUT2D eigenvalue weighted by atomic mass is 16.5. The molecule has 0 radical (unpaired) electrons. The number of nitrogens with zero attached hydrogens (tertiary/aromatic N) is 1. The van der Waals surface area contributed by atoms with Crippen molar-refractivity contribution in [1.82, 2.24) is 10.6 Å². The smallest absolute Gasteiger partial charge is 0.191 e. The zero-order valence-electron chi connectivity index (χ0n) is 16.8. The highest BCUT2D eigenvalue weighted by Gasteiger charge is 2.09. The summed E-state index contributed by atoms with van der Waals surface area (Å²) in [7, 11) is 0. The van der Waals surface area contributed by atoms with Crippen LogP contribution in [0.5, 0.6) is 5.75 Å². The van der Waals surface area contributed by atoms with Crippen molar-refractivity contribution >= 4 is 5.96 Å². The number of benzene rings is 1. The third kappa shape index (κ3) is 9.63. The first-order valence-corrected chi connectivity index (χ1v) is 9.42. The Labute approximate surface area is 158 Å². The van der Waals surface area contributed by atoms with Gasteiger partial charge in [-0.15, -0.1) is 0 Å². The SMILES string of the molecule is CCNC(=NCC(O)COCC(C)C)NCC(C)Oc1ccccc1C. The molecule has 1 rings (SSSR count). The lowest BCUT2D eigenvalue weighted by atomic mass is 10.2. The fraction of sp³-hybridized carbons (Fsp3) is 0.650. The van der Waals surface area contributed by atoms with Gasteiger partial charge in [-0.2, -0.15) is 0 Å². The number of aliphatic imine (C=N–C) groups is 1. The Hall–Kier alpha value is -1.79. The van der Waals surface area contributed by atoms with E-state index in [-0.39, 0.29) is 6.10 Å². The van der Waals surface area contributed by atoms with Crippen LogP contribution in [0.25, 0.3) is 0 Å². The summed E-state index contributed by atoms with van der Waals surface area (Å²) in [5.74, 6) is 2.01. The zero-order chi connectivity index (χ0) is 19.4. The molecular weight excluding hydrogens is 330 g/mol. The predicted octanol–water partition coefficient (Wildman–Crippen LogP) is 2.35. The molecule has 0 aliphatic heterocycles. The summed E-state index contributed by atoms with van der Waals surface area (Å²) < 4.78 is 11.4. The Balaban J connectivity index is 2.42. The Kier molecular flexibility index (Phi) is 10.7. The molecule has 2 unspecified atom stereocenters. The van der Waals surface area contributed by atoms with Crippen molar-refractivity contribution in [3.05, 3.63) is 29.8 Å². The average Bonchev–Trinajstić information content (AvgIpc) is 2.59. The molecule has 1 aromatic carbocycles. The van der Waals surface area contributed by atoms with Crippen molar-refractivity contribution < 1.29 is 14.6 Å². The molecule has 0 aliphatic carbocycles. The van der Waals surface area contributed by atoms with Gasteiger partial charge in [0.2, 0.25) is 0 Å². The lowest BCUT2D eigenvalue weighted by molar-refractivity contribution is 0.0301. The van der Waals surface area contributed by atoms with E-state index in [4.69, 9.17) is 9.47 Å². The minimum absolute atomic E-state index is 0.0146. The van der Waals surface area contributed by atoms with E-state index >= 15 is 0 Å². The van der Waals surface area contributed by atoms with E-state index in [0.29, 0.717) is 38.2 Å². The van der Waals surface area contributed by atoms with Crippen LogP contribution in [0.2, 0.25) is 0 Å². The van der Waals surface area contributed by atoms with Crippen LogP contribution < -0.4 is 15.4 Å². The minimum atomic E-state index is -0.607. The molecule has 2 atom stereocenters. The number of nitrogens with one attached hydrogen (secondary N) is 2. The second-order valence-electron chi connectivity index (χ2n) is 6.88. The normalized spacial score (nSPS) is 14.2. The van der Waals surface area contributed by atoms with E-state index < -0.39 is 6.10 Å². The van der Waals surface area contributed by atoms with Crippen molar-refractivity contribution in [3.8, 4) is 5.75 Å². The number of hydrogen-bond acceptors (Lipinski definition) is 4. The van der Waals surface area contributed by atoms with E-state index in [2.05, 4.69) is 29.5 Å². The fourth-order valence-electron chi connectivity index (χ4n) is 2.22. The Bertz CT molecular complexity index is 535. The average molecular weight is 366 g/mol. The van der Waals surface area contributed by atoms with Crippen LogP contribution in [-0.4, -0.2) is 56.1 Å². The number of guanidine groups is 1. The molecule has 0 amide bonds. The van der Waals surface area contributed by atoms with Crippen LogP contribution in [0, 0.1) is 12.8 Å². The van der Waals surface area contributed by atoms with Crippen molar-refractivity contribution in [3.63, 3.8) is 0 Å². The maximum absolute atomic E-state index is 9.97. The maximum atomic E-state index is 9.97. The second-order valence-corrected chi connectivity index (χ2v) is 6.88. The van der Waals surface area contributed by atoms with Gasteiger partial charge in [-0.25, -0.2) is 0 Å². The third-order valence-electron chi connectivity index (χ3n) is 3.54. The summed E-state index contributed by atoms with van der Waals surface area (Å²) in [4.78, 5) is 4.42. The molecule has 0 saturated carbocycles. The number of aryl methyl sites for hydroxylation is 1. The van der Waals surface area contributed by atoms with Gasteiger partial charge in [0.05, 0.1) is 25.8 Å². The van der Waals surface area contributed by atoms with E-state index in [1.54, 1.807) is 0 Å². The van der Waals surface area contributed by atoms with Gasteiger partial charge in [-0.3, -0.25) is 4.99 Å². The van der Waals surface area contributed by atoms with Crippen LogP contribution in [0.1, 0.15) is 33.3 Å². The lowest BCUT2D eigenvalue weighted by Crippen LogP contribution is -2.42. The van der Waals surface area contributed by atoms with E-state index in [1.807, 2.05) is 45.0 Å². The van der Waals surface area contributed by atoms with Crippen LogP contribution in [0.3, 0.4) is 0 Å². The number of rotatable bonds is 11. The zero-order valence-corrected chi connectivity index (χ0v) is 16.8. The lowest BCUT2D eigenvalue weighted by Gasteiger charge is -2.19. The molecule has 1 aromatic rings. The molecule has 0 aromatic heterocycles. The number of para-hydroxylation sites is 1. The fourth-order valence-corrected chi connectivity index (χ4v) is 2.22. The van der Waals surface area contributed by atoms with Gasteiger partial charge < -0.3 is 25.2 Å². The minimum Gasteiger partial charge on any atom is -0.489 e. The van der Waals surface area contributed by atoms with Crippen molar-refractivity contribution in [2.24, 2.45) is 10.9 Å². The van der Waals surface area contributed by atoms with Crippen LogP contribution in [0.4, 0.5) is 0 Å². The van der Waals surface area contributed by atoms with Gasteiger partial charge in [0, 0.05) is 13.2 Å². The summed E-state index contributed by atoms with van der Waals surface area (Å²) in [6, 6.07) is 7.97. The van der Waals surface area contributed by atoms with Gasteiger partial charge in [0.25, 0.3) is 0 Å². The van der Waals surface area contributed by atoms with Crippen LogP contribution >= 0.6 is 0 Å². The summed E-state index contributed by atoms with van der Waals surface area (Å²) >= 11 is 0. The second kappa shape index (κ2) is 12.5. The topological polar surface area (TPSA) is 75.1 Å². The van der Waals surface area contributed by atoms with Gasteiger partial charge in [0.15, 0.2) is 5.96 Å². The highest BCUT2D eigenvalue weighted by molar-refractivity contribution is 5.79. The standard InChI is InChI=1S/C20H35N3O3/c1-6-21-20(23-12-18(24)14-25-13-15(2)3)22-11-17(5)26-19-10-8-7-9-16(19)4/h7-10,15,17-18,24H,6,11-14H2,1-5H3,(H2,21,22,23). The van der Waals surface area contributed by atoms with Gasteiger partial charge >= 0.3 is 0 Å². The summed E-state index contributed by atoms with van der Waals surface area (Å²) in [6.07, 6.45) is -0.621. The van der Waals surface area contributed by atoms with Crippen LogP contribution in [0.15, 0.2) is 29.3 Å². The number of aliphatic hydroxyl groups excluding tert-OH is 1. The quantitative estimate of drug-likeness (QED) is 0.415. The highest BCUT2D eigenvalue weighted by Crippen LogP contribution is 2.17. The molecule has 3 N–H and O–H groups in total. The number of hydrogen-bond donors (Lipinski definition) is 3. The molecule has 6 heteroatoms. The Morgan fingerprint density at radius 3 is 2.54 bits per heavy atom. The molecule has 0 bridgehead atoms. The number of aliphatic hydroxyl groups is 1. The predicted molar refractivity (Wildman–Crippen MR) is 107 cm³/mol.